The minimum Gasteiger partial charge on any atom is -0.369 e. The van der Waals surface area contributed by atoms with Crippen molar-refractivity contribution in [3.8, 4) is 0 Å². The van der Waals surface area contributed by atoms with Gasteiger partial charge in [-0.15, -0.1) is 0 Å². The van der Waals surface area contributed by atoms with E-state index in [2.05, 4.69) is 29.9 Å². The quantitative estimate of drug-likeness (QED) is 0.681. The van der Waals surface area contributed by atoms with Crippen LogP contribution in [0.2, 0.25) is 0 Å². The maximum Gasteiger partial charge on any atom is 0.259 e. The largest absolute Gasteiger partial charge is 0.369 e. The first-order valence-corrected chi connectivity index (χ1v) is 10.7. The van der Waals surface area contributed by atoms with Gasteiger partial charge in [-0.2, -0.15) is 0 Å². The van der Waals surface area contributed by atoms with Gasteiger partial charge in [-0.05, 0) is 33.1 Å². The molecule has 1 aliphatic rings. The summed E-state index contributed by atoms with van der Waals surface area (Å²) in [7, 11) is -1.85. The van der Waals surface area contributed by atoms with E-state index in [0.29, 0.717) is 24.0 Å². The topological polar surface area (TPSA) is 105 Å². The molecule has 3 heterocycles. The Hall–Kier alpha value is -2.20. The number of aryl methyl sites for hydroxylation is 3. The molecule has 0 saturated carbocycles. The highest BCUT2D eigenvalue weighted by atomic mass is 32.2. The van der Waals surface area contributed by atoms with Gasteiger partial charge in [0.05, 0.1) is 0 Å². The number of nitrogens with one attached hydrogen (secondary N) is 2. The lowest BCUT2D eigenvalue weighted by Crippen LogP contribution is -2.31. The molecule has 3 rings (SSSR count). The van der Waals surface area contributed by atoms with Gasteiger partial charge in [0.25, 0.3) is 10.0 Å². The van der Waals surface area contributed by atoms with E-state index in [1.54, 1.807) is 18.5 Å². The zero-order valence-electron chi connectivity index (χ0n) is 16.1. The van der Waals surface area contributed by atoms with Crippen LogP contribution in [-0.4, -0.2) is 54.1 Å². The predicted octanol–water partition coefficient (Wildman–Crippen LogP) is 1.21. The maximum atomic E-state index is 12.3. The van der Waals surface area contributed by atoms with Crippen LogP contribution in [0.1, 0.15) is 30.9 Å². The fraction of sp³-hybridized carbons (Fsp3) is 0.588. The highest BCUT2D eigenvalue weighted by Crippen LogP contribution is 2.20. The first-order chi connectivity index (χ1) is 12.8. The van der Waals surface area contributed by atoms with Crippen molar-refractivity contribution in [2.24, 2.45) is 7.05 Å². The van der Waals surface area contributed by atoms with Crippen molar-refractivity contribution in [1.29, 1.82) is 0 Å². The Morgan fingerprint density at radius 1 is 1.07 bits per heavy atom. The number of nitrogens with zero attached hydrogens (tertiary/aromatic N) is 5. The molecule has 2 aromatic heterocycles. The van der Waals surface area contributed by atoms with E-state index in [1.165, 1.54) is 25.5 Å². The summed E-state index contributed by atoms with van der Waals surface area (Å²) in [5.41, 5.74) is 0. The second kappa shape index (κ2) is 8.22. The summed E-state index contributed by atoms with van der Waals surface area (Å²) in [6.07, 6.45) is 5.13. The summed E-state index contributed by atoms with van der Waals surface area (Å²) in [4.78, 5) is 15.3. The molecule has 2 aromatic rings. The minimum atomic E-state index is -3.61. The highest BCUT2D eigenvalue weighted by molar-refractivity contribution is 7.89. The van der Waals surface area contributed by atoms with E-state index >= 15 is 0 Å². The van der Waals surface area contributed by atoms with Crippen molar-refractivity contribution in [2.75, 3.05) is 36.4 Å². The van der Waals surface area contributed by atoms with Crippen LogP contribution < -0.4 is 14.9 Å². The molecule has 27 heavy (non-hydrogen) atoms. The molecule has 0 atom stereocenters. The monoisotopic (exact) mass is 393 g/mol. The van der Waals surface area contributed by atoms with Gasteiger partial charge in [0.1, 0.15) is 23.3 Å². The Balaban J connectivity index is 1.56. The lowest BCUT2D eigenvalue weighted by atomic mass is 10.1. The predicted molar refractivity (Wildman–Crippen MR) is 104 cm³/mol. The summed E-state index contributed by atoms with van der Waals surface area (Å²) in [6.45, 7) is 6.31. The molecule has 1 saturated heterocycles. The number of anilines is 2. The normalized spacial score (nSPS) is 15.1. The smallest absolute Gasteiger partial charge is 0.259 e. The average Bonchev–Trinajstić information content (AvgIpc) is 2.99. The van der Waals surface area contributed by atoms with Crippen molar-refractivity contribution in [3.05, 3.63) is 23.9 Å². The standard InChI is InChI=1S/C17H27N7O2S/c1-13-20-15(11-16(21-13)24-9-5-4-6-10-24)18-7-8-19-27(25,26)17-12-23(3)14(2)22-17/h11-12,19H,4-10H2,1-3H3,(H,18,20,21). The number of piperidine rings is 1. The summed E-state index contributed by atoms with van der Waals surface area (Å²) in [6, 6.07) is 1.93. The van der Waals surface area contributed by atoms with Crippen LogP contribution in [0.15, 0.2) is 17.3 Å². The molecule has 0 amide bonds. The molecule has 1 fully saturated rings. The molecule has 0 aromatic carbocycles. The molecular formula is C17H27N7O2S. The van der Waals surface area contributed by atoms with Crippen LogP contribution in [0.5, 0.6) is 0 Å². The number of hydrogen-bond acceptors (Lipinski definition) is 7. The molecule has 0 aliphatic carbocycles. The Labute approximate surface area is 160 Å². The number of aromatic nitrogens is 4. The Kier molecular flexibility index (Phi) is 5.95. The third kappa shape index (κ3) is 4.95. The maximum absolute atomic E-state index is 12.3. The van der Waals surface area contributed by atoms with Gasteiger partial charge in [0.15, 0.2) is 5.03 Å². The summed E-state index contributed by atoms with van der Waals surface area (Å²) in [5, 5.41) is 3.21. The minimum absolute atomic E-state index is 0.0350. The van der Waals surface area contributed by atoms with E-state index in [-0.39, 0.29) is 11.6 Å². The van der Waals surface area contributed by atoms with E-state index < -0.39 is 10.0 Å². The van der Waals surface area contributed by atoms with Crippen LogP contribution >= 0.6 is 0 Å². The molecule has 0 spiro atoms. The zero-order valence-corrected chi connectivity index (χ0v) is 16.9. The van der Waals surface area contributed by atoms with Gasteiger partial charge in [0.2, 0.25) is 0 Å². The van der Waals surface area contributed by atoms with E-state index in [9.17, 15) is 8.42 Å². The third-order valence-electron chi connectivity index (χ3n) is 4.59. The van der Waals surface area contributed by atoms with Crippen molar-refractivity contribution >= 4 is 21.7 Å². The van der Waals surface area contributed by atoms with Crippen molar-refractivity contribution in [2.45, 2.75) is 38.1 Å². The average molecular weight is 394 g/mol. The second-order valence-electron chi connectivity index (χ2n) is 6.77. The Morgan fingerprint density at radius 3 is 2.48 bits per heavy atom. The third-order valence-corrected chi connectivity index (χ3v) is 5.92. The van der Waals surface area contributed by atoms with Crippen LogP contribution in [0.25, 0.3) is 0 Å². The van der Waals surface area contributed by atoms with Crippen LogP contribution in [0.3, 0.4) is 0 Å². The van der Waals surface area contributed by atoms with Gasteiger partial charge in [-0.25, -0.2) is 28.1 Å². The molecule has 0 bridgehead atoms. The van der Waals surface area contributed by atoms with E-state index in [4.69, 9.17) is 0 Å². The second-order valence-corrected chi connectivity index (χ2v) is 8.48. The van der Waals surface area contributed by atoms with E-state index in [1.807, 2.05) is 13.0 Å². The molecule has 0 radical (unpaired) electrons. The molecule has 10 heteroatoms. The molecule has 2 N–H and O–H groups in total. The van der Waals surface area contributed by atoms with Crippen molar-refractivity contribution < 1.29 is 8.42 Å². The highest BCUT2D eigenvalue weighted by Gasteiger charge is 2.18. The van der Waals surface area contributed by atoms with Gasteiger partial charge in [-0.1, -0.05) is 0 Å². The van der Waals surface area contributed by atoms with Crippen molar-refractivity contribution in [3.63, 3.8) is 0 Å². The van der Waals surface area contributed by atoms with Crippen LogP contribution in [0, 0.1) is 13.8 Å². The molecule has 9 nitrogen and oxygen atoms in total. The summed E-state index contributed by atoms with van der Waals surface area (Å²) >= 11 is 0. The summed E-state index contributed by atoms with van der Waals surface area (Å²) in [5.74, 6) is 2.98. The number of hydrogen-bond donors (Lipinski definition) is 2. The van der Waals surface area contributed by atoms with Gasteiger partial charge in [0, 0.05) is 45.5 Å². The Bertz CT molecular complexity index is 869. The Morgan fingerprint density at radius 2 is 1.81 bits per heavy atom. The van der Waals surface area contributed by atoms with Crippen LogP contribution in [-0.2, 0) is 17.1 Å². The van der Waals surface area contributed by atoms with E-state index in [0.717, 1.165) is 18.9 Å². The fourth-order valence-electron chi connectivity index (χ4n) is 3.03. The molecule has 148 valence electrons. The lowest BCUT2D eigenvalue weighted by Gasteiger charge is -2.28. The first-order valence-electron chi connectivity index (χ1n) is 9.19. The van der Waals surface area contributed by atoms with Crippen LogP contribution in [0.4, 0.5) is 11.6 Å². The molecule has 0 unspecified atom stereocenters. The first kappa shape index (κ1) is 19.6. The SMILES string of the molecule is Cc1nc(NCCNS(=O)(=O)c2cn(C)c(C)n2)cc(N2CCCCC2)n1. The summed E-state index contributed by atoms with van der Waals surface area (Å²) < 4.78 is 28.8. The number of sulfonamides is 1. The van der Waals surface area contributed by atoms with Gasteiger partial charge >= 0.3 is 0 Å². The fourth-order valence-corrected chi connectivity index (χ4v) is 4.10. The van der Waals surface area contributed by atoms with Crippen molar-refractivity contribution in [1.82, 2.24) is 24.2 Å². The number of rotatable bonds is 7. The molecular weight excluding hydrogens is 366 g/mol. The lowest BCUT2D eigenvalue weighted by molar-refractivity contribution is 0.572. The number of imidazole rings is 1. The molecule has 1 aliphatic heterocycles. The zero-order chi connectivity index (χ0) is 19.4. The van der Waals surface area contributed by atoms with Gasteiger partial charge < -0.3 is 14.8 Å². The van der Waals surface area contributed by atoms with Gasteiger partial charge in [-0.3, -0.25) is 0 Å².